The second-order valence-corrected chi connectivity index (χ2v) is 17.7. The van der Waals surface area contributed by atoms with Crippen molar-refractivity contribution in [3.8, 4) is 0 Å². The first kappa shape index (κ1) is 24.2. The fourth-order valence-corrected chi connectivity index (χ4v) is 12.4. The fraction of sp³-hybridized carbons (Fsp3) is 0.357. The van der Waals surface area contributed by atoms with Crippen molar-refractivity contribution < 1.29 is 0 Å². The van der Waals surface area contributed by atoms with Gasteiger partial charge >= 0.3 is 198 Å². The van der Waals surface area contributed by atoms with Crippen LogP contribution in [0.3, 0.4) is 0 Å². The summed E-state index contributed by atoms with van der Waals surface area (Å²) >= 11 is 4.53. The van der Waals surface area contributed by atoms with E-state index in [1.807, 2.05) is 0 Å². The van der Waals surface area contributed by atoms with Gasteiger partial charge in [-0.05, 0) is 0 Å². The van der Waals surface area contributed by atoms with Gasteiger partial charge in [0.2, 0.25) is 0 Å². The van der Waals surface area contributed by atoms with Gasteiger partial charge in [-0.3, -0.25) is 0 Å². The summed E-state index contributed by atoms with van der Waals surface area (Å²) in [5.41, 5.74) is 6.54. The number of unbranched alkanes of at least 4 members (excludes halogenated alkanes) is 3. The number of benzene rings is 3. The number of hydrogen-bond acceptors (Lipinski definition) is 1. The Bertz CT molecular complexity index is 799. The number of nitrogens with two attached hydrogens (primary N) is 1. The van der Waals surface area contributed by atoms with Crippen LogP contribution in [0, 0.1) is 0 Å². The summed E-state index contributed by atoms with van der Waals surface area (Å²) in [7, 11) is 0. The Hall–Kier alpha value is -1.47. The second-order valence-electron chi connectivity index (χ2n) is 8.66. The van der Waals surface area contributed by atoms with Crippen molar-refractivity contribution in [1.82, 2.24) is 0 Å². The zero-order valence-corrected chi connectivity index (χ0v) is 21.3. The van der Waals surface area contributed by atoms with E-state index in [1.165, 1.54) is 41.6 Å². The molecule has 1 atom stereocenters. The first-order valence-corrected chi connectivity index (χ1v) is 16.2. The number of hydrogen-bond donors (Lipinski definition) is 1. The van der Waals surface area contributed by atoms with E-state index in [0.717, 1.165) is 25.4 Å². The van der Waals surface area contributed by atoms with Crippen molar-refractivity contribution in [3.05, 3.63) is 91.0 Å². The van der Waals surface area contributed by atoms with Crippen molar-refractivity contribution in [2.75, 3.05) is 6.16 Å². The van der Waals surface area contributed by atoms with Gasteiger partial charge in [0.15, 0.2) is 0 Å². The molecule has 3 aromatic rings. The zero-order chi connectivity index (χ0) is 22.0. The second kappa shape index (κ2) is 11.4. The van der Waals surface area contributed by atoms with Crippen LogP contribution < -0.4 is 21.6 Å². The van der Waals surface area contributed by atoms with E-state index in [-0.39, 0.29) is 0 Å². The molecule has 3 heteroatoms. The van der Waals surface area contributed by atoms with E-state index in [9.17, 15) is 0 Å². The molecule has 0 fully saturated rings. The first-order chi connectivity index (χ1) is 15.1. The van der Waals surface area contributed by atoms with Crippen LogP contribution in [-0.2, 0) is 0 Å². The van der Waals surface area contributed by atoms with Gasteiger partial charge in [0.25, 0.3) is 0 Å². The summed E-state index contributed by atoms with van der Waals surface area (Å²) in [6, 6.07) is 33.5. The molecule has 1 unspecified atom stereocenters. The first-order valence-electron chi connectivity index (χ1n) is 11.7. The van der Waals surface area contributed by atoms with Gasteiger partial charge in [-0.1, -0.05) is 0 Å². The van der Waals surface area contributed by atoms with Gasteiger partial charge in [-0.15, -0.1) is 0 Å². The molecule has 0 heterocycles. The summed E-state index contributed by atoms with van der Waals surface area (Å²) in [6.07, 6.45) is 9.55. The molecule has 0 aliphatic heterocycles. The third-order valence-electron chi connectivity index (χ3n) is 6.47. The monoisotopic (exact) mass is 497 g/mol. The normalized spacial score (nSPS) is 14.0. The quantitative estimate of drug-likeness (QED) is 0.213. The van der Waals surface area contributed by atoms with Gasteiger partial charge < -0.3 is 0 Å². The molecule has 166 valence electrons. The Labute approximate surface area is 197 Å². The molecule has 1 nitrogen and oxygen atoms in total. The predicted octanol–water partition coefficient (Wildman–Crippen LogP) is 6.90. The van der Waals surface area contributed by atoms with Crippen molar-refractivity contribution >= 4 is 36.7 Å². The predicted molar refractivity (Wildman–Crippen MR) is 145 cm³/mol. The van der Waals surface area contributed by atoms with E-state index in [2.05, 4.69) is 113 Å². The molecule has 0 amide bonds. The van der Waals surface area contributed by atoms with Crippen LogP contribution in [0.15, 0.2) is 91.0 Å². The summed E-state index contributed by atoms with van der Waals surface area (Å²) in [4.78, 5) is 0. The number of rotatable bonds is 12. The van der Waals surface area contributed by atoms with E-state index in [1.54, 1.807) is 0 Å². The topological polar surface area (TPSA) is 26.0 Å². The van der Waals surface area contributed by atoms with Crippen LogP contribution in [0.25, 0.3) is 0 Å². The molecule has 0 radical (unpaired) electrons. The Morgan fingerprint density at radius 2 is 1.06 bits per heavy atom. The molecule has 0 saturated heterocycles. The van der Waals surface area contributed by atoms with Crippen molar-refractivity contribution in [3.63, 3.8) is 0 Å². The van der Waals surface area contributed by atoms with Gasteiger partial charge in [-0.25, -0.2) is 0 Å². The van der Waals surface area contributed by atoms with Gasteiger partial charge in [0.1, 0.15) is 0 Å². The van der Waals surface area contributed by atoms with Gasteiger partial charge in [0.05, 0.1) is 0 Å². The van der Waals surface area contributed by atoms with Crippen molar-refractivity contribution in [2.24, 2.45) is 5.73 Å². The van der Waals surface area contributed by atoms with Crippen LogP contribution in [0.1, 0.15) is 51.9 Å². The molecule has 3 aromatic carbocycles. The Morgan fingerprint density at radius 3 is 1.48 bits per heavy atom. The molecule has 0 saturated carbocycles. The van der Waals surface area contributed by atoms with Gasteiger partial charge in [0, 0.05) is 0 Å². The van der Waals surface area contributed by atoms with Crippen LogP contribution in [0.4, 0.5) is 0 Å². The van der Waals surface area contributed by atoms with E-state index in [4.69, 9.17) is 5.73 Å². The van der Waals surface area contributed by atoms with Crippen LogP contribution in [0.2, 0.25) is 0 Å². The van der Waals surface area contributed by atoms with Crippen molar-refractivity contribution in [1.29, 1.82) is 0 Å². The Balaban J connectivity index is 1.95. The molecular formula is C28H37BrNP. The van der Waals surface area contributed by atoms with Crippen molar-refractivity contribution in [2.45, 2.75) is 57.9 Å². The van der Waals surface area contributed by atoms with Crippen LogP contribution >= 0.6 is 20.8 Å². The molecule has 3 rings (SSSR count). The summed E-state index contributed by atoms with van der Waals surface area (Å²) in [5, 5.41) is 1.38. The third kappa shape index (κ3) is 5.48. The average molecular weight is 498 g/mol. The van der Waals surface area contributed by atoms with Gasteiger partial charge in [-0.2, -0.15) is 0 Å². The third-order valence-corrected chi connectivity index (χ3v) is 16.5. The summed E-state index contributed by atoms with van der Waals surface area (Å²) < 4.78 is 0. The summed E-state index contributed by atoms with van der Waals surface area (Å²) in [6.45, 7) is 2.26. The van der Waals surface area contributed by atoms with E-state index < -0.39 is 5.31 Å². The van der Waals surface area contributed by atoms with E-state index in [0.29, 0.717) is 6.04 Å². The average Bonchev–Trinajstić information content (AvgIpc) is 2.83. The maximum absolute atomic E-state index is 6.54. The fourth-order valence-electron chi connectivity index (χ4n) is 4.68. The van der Waals surface area contributed by atoms with E-state index >= 15 is 0 Å². The number of halogens is 1. The minimum atomic E-state index is -2.79. The standard InChI is InChI=1S/C28H37BrNP/c1-2-3-4-8-16-25(30)17-15-24-31(29,26-18-9-5-10-19-26,27-20-11-6-12-21-27)28-22-13-7-14-23-28/h5-7,9-14,18-23,25H,2-4,8,15-17,24,30H2,1H3. The zero-order valence-electron chi connectivity index (χ0n) is 18.8. The Kier molecular flexibility index (Phi) is 8.90. The molecule has 0 aliphatic carbocycles. The summed E-state index contributed by atoms with van der Waals surface area (Å²) in [5.74, 6) is 0. The minimum absolute atomic E-state index is 0.292. The molecule has 31 heavy (non-hydrogen) atoms. The maximum atomic E-state index is 6.54. The van der Waals surface area contributed by atoms with Crippen LogP contribution in [-0.4, -0.2) is 12.2 Å². The molecule has 0 aromatic heterocycles. The molecule has 2 N–H and O–H groups in total. The SMILES string of the molecule is CCCCCCC(N)CCCP(Br)(c1ccccc1)(c1ccccc1)c1ccccc1. The molecule has 0 spiro atoms. The van der Waals surface area contributed by atoms with Crippen LogP contribution in [0.5, 0.6) is 0 Å². The Morgan fingerprint density at radius 1 is 0.645 bits per heavy atom. The molecular weight excluding hydrogens is 461 g/mol. The molecule has 0 aliphatic rings. The molecule has 0 bridgehead atoms.